The summed E-state index contributed by atoms with van der Waals surface area (Å²) in [4.78, 5) is 16.1. The SMILES string of the molecule is CC(C)(C)c1ccc2c(c1)c1cc3ccc1n2-c1ccc(-c2cc(-c4ccccc4)cc(-c4ccccc4)c2)cc1-c1nc(-c2ccccc2)nc(n1)-c1ccccc1C3(C)C. The quantitative estimate of drug-likeness (QED) is 0.178. The zero-order valence-corrected chi connectivity index (χ0v) is 35.7. The van der Waals surface area contributed by atoms with E-state index in [0.29, 0.717) is 17.5 Å². The molecule has 12 rings (SSSR count). The molecule has 6 bridgehead atoms. The second-order valence-corrected chi connectivity index (χ2v) is 18.2. The molecular weight excluding hydrogens is 753 g/mol. The average Bonchev–Trinajstić information content (AvgIpc) is 3.64. The highest BCUT2D eigenvalue weighted by atomic mass is 15.1. The lowest BCUT2D eigenvalue weighted by atomic mass is 9.75. The molecule has 0 N–H and O–H groups in total. The molecule has 0 saturated heterocycles. The molecule has 0 fully saturated rings. The fourth-order valence-electron chi connectivity index (χ4n) is 9.33. The molecule has 4 nitrogen and oxygen atoms in total. The molecule has 0 saturated carbocycles. The summed E-state index contributed by atoms with van der Waals surface area (Å²) in [5.41, 5.74) is 16.3. The first-order chi connectivity index (χ1) is 30.1. The Labute approximate surface area is 363 Å². The lowest BCUT2D eigenvalue weighted by molar-refractivity contribution is 0.591. The molecule has 4 heteroatoms. The fourth-order valence-corrected chi connectivity index (χ4v) is 9.33. The normalized spacial score (nSPS) is 13.0. The van der Waals surface area contributed by atoms with Gasteiger partial charge in [-0.3, -0.25) is 0 Å². The van der Waals surface area contributed by atoms with Crippen molar-refractivity contribution in [2.24, 2.45) is 0 Å². The van der Waals surface area contributed by atoms with E-state index in [1.807, 2.05) is 18.2 Å². The lowest BCUT2D eigenvalue weighted by Gasteiger charge is -2.28. The van der Waals surface area contributed by atoms with E-state index >= 15 is 0 Å². The van der Waals surface area contributed by atoms with Crippen LogP contribution in [0.5, 0.6) is 0 Å². The van der Waals surface area contributed by atoms with Crippen LogP contribution in [0.3, 0.4) is 0 Å². The number of benzene rings is 8. The predicted octanol–water partition coefficient (Wildman–Crippen LogP) is 14.9. The van der Waals surface area contributed by atoms with Gasteiger partial charge in [0.25, 0.3) is 0 Å². The molecule has 8 aromatic carbocycles. The highest BCUT2D eigenvalue weighted by Crippen LogP contribution is 2.45. The molecular formula is C58H46N4. The molecule has 0 radical (unpaired) electrons. The Balaban J connectivity index is 1.27. The first-order valence-corrected chi connectivity index (χ1v) is 21.5. The average molecular weight is 799 g/mol. The van der Waals surface area contributed by atoms with Gasteiger partial charge >= 0.3 is 0 Å². The maximum atomic E-state index is 5.49. The van der Waals surface area contributed by atoms with E-state index in [-0.39, 0.29) is 10.8 Å². The van der Waals surface area contributed by atoms with Gasteiger partial charge < -0.3 is 4.57 Å². The summed E-state index contributed by atoms with van der Waals surface area (Å²) in [5.74, 6) is 1.91. The van der Waals surface area contributed by atoms with Gasteiger partial charge in [0.2, 0.25) is 0 Å². The standard InChI is InChI=1S/C58H46N4/c1-57(2,3)44-26-29-51-47(35-44)48-36-45-27-30-52(48)62(51)53-28-25-40(43-32-41(37-17-9-6-10-18-37)31-42(33-43)38-19-11-7-12-20-38)34-49(53)56-60-54(39-21-13-8-14-22-39)59-55(61-56)46-23-15-16-24-50(46)58(45,4)5/h6-36H,1-5H3. The van der Waals surface area contributed by atoms with Crippen LogP contribution in [0.4, 0.5) is 0 Å². The van der Waals surface area contributed by atoms with Gasteiger partial charge in [-0.1, -0.05) is 168 Å². The van der Waals surface area contributed by atoms with E-state index in [4.69, 9.17) is 15.0 Å². The van der Waals surface area contributed by atoms with Crippen LogP contribution in [0.1, 0.15) is 51.3 Å². The van der Waals surface area contributed by atoms with E-state index in [0.717, 1.165) is 61.2 Å². The highest BCUT2D eigenvalue weighted by Gasteiger charge is 2.30. The molecule has 62 heavy (non-hydrogen) atoms. The van der Waals surface area contributed by atoms with E-state index in [1.165, 1.54) is 33.0 Å². The number of aromatic nitrogens is 4. The van der Waals surface area contributed by atoms with Gasteiger partial charge in [-0.15, -0.1) is 0 Å². The van der Waals surface area contributed by atoms with Gasteiger partial charge in [-0.05, 0) is 110 Å². The molecule has 10 aromatic rings. The Hall–Kier alpha value is -7.43. The van der Waals surface area contributed by atoms with Crippen molar-refractivity contribution in [3.63, 3.8) is 0 Å². The van der Waals surface area contributed by atoms with Crippen LogP contribution < -0.4 is 0 Å². The molecule has 2 aliphatic heterocycles. The Kier molecular flexibility index (Phi) is 8.69. The number of rotatable bonds is 4. The van der Waals surface area contributed by atoms with Gasteiger partial charge in [0.1, 0.15) is 0 Å². The lowest BCUT2D eigenvalue weighted by Crippen LogP contribution is -2.20. The Morgan fingerprint density at radius 2 is 0.919 bits per heavy atom. The second-order valence-electron chi connectivity index (χ2n) is 18.2. The summed E-state index contributed by atoms with van der Waals surface area (Å²) in [6.07, 6.45) is 0. The number of hydrogen-bond donors (Lipinski definition) is 0. The monoisotopic (exact) mass is 798 g/mol. The van der Waals surface area contributed by atoms with Crippen molar-refractivity contribution in [2.45, 2.75) is 45.4 Å². The second kappa shape index (κ2) is 14.4. The summed E-state index contributed by atoms with van der Waals surface area (Å²) in [5, 5.41) is 2.46. The van der Waals surface area contributed by atoms with Crippen LogP contribution >= 0.6 is 0 Å². The minimum absolute atomic E-state index is 0.0198. The summed E-state index contributed by atoms with van der Waals surface area (Å²) in [7, 11) is 0. The molecule has 0 atom stereocenters. The van der Waals surface area contributed by atoms with Crippen LogP contribution in [0.25, 0.3) is 95.0 Å². The van der Waals surface area contributed by atoms with Crippen molar-refractivity contribution in [2.75, 3.05) is 0 Å². The first kappa shape index (κ1) is 37.6. The van der Waals surface area contributed by atoms with Crippen molar-refractivity contribution in [3.8, 4) is 73.2 Å². The van der Waals surface area contributed by atoms with Crippen LogP contribution in [0, 0.1) is 0 Å². The van der Waals surface area contributed by atoms with Gasteiger partial charge in [0, 0.05) is 32.9 Å². The Bertz CT molecular complexity index is 3280. The van der Waals surface area contributed by atoms with E-state index in [2.05, 4.69) is 209 Å². The molecule has 298 valence electrons. The maximum Gasteiger partial charge on any atom is 0.166 e. The Morgan fingerprint density at radius 1 is 0.403 bits per heavy atom. The van der Waals surface area contributed by atoms with Crippen molar-refractivity contribution < 1.29 is 0 Å². The van der Waals surface area contributed by atoms with Crippen molar-refractivity contribution in [1.29, 1.82) is 0 Å². The summed E-state index contributed by atoms with van der Waals surface area (Å²) >= 11 is 0. The first-order valence-electron chi connectivity index (χ1n) is 21.5. The van der Waals surface area contributed by atoms with E-state index < -0.39 is 0 Å². The fraction of sp³-hybridized carbons (Fsp3) is 0.121. The van der Waals surface area contributed by atoms with Gasteiger partial charge in [0.05, 0.1) is 16.7 Å². The minimum Gasteiger partial charge on any atom is -0.309 e. The molecule has 2 aliphatic rings. The highest BCUT2D eigenvalue weighted by molar-refractivity contribution is 6.10. The van der Waals surface area contributed by atoms with Gasteiger partial charge in [-0.25, -0.2) is 15.0 Å². The molecule has 2 aromatic heterocycles. The summed E-state index contributed by atoms with van der Waals surface area (Å²) < 4.78 is 2.43. The summed E-state index contributed by atoms with van der Waals surface area (Å²) in [6, 6.07) is 68.1. The third-order valence-corrected chi connectivity index (χ3v) is 12.8. The predicted molar refractivity (Wildman–Crippen MR) is 258 cm³/mol. The maximum absolute atomic E-state index is 5.49. The largest absolute Gasteiger partial charge is 0.309 e. The van der Waals surface area contributed by atoms with Crippen LogP contribution in [0.2, 0.25) is 0 Å². The molecule has 0 aliphatic carbocycles. The van der Waals surface area contributed by atoms with Crippen molar-refractivity contribution in [1.82, 2.24) is 19.5 Å². The van der Waals surface area contributed by atoms with E-state index in [9.17, 15) is 0 Å². The minimum atomic E-state index is -0.380. The molecule has 0 spiro atoms. The van der Waals surface area contributed by atoms with Gasteiger partial charge in [0.15, 0.2) is 17.5 Å². The number of hydrogen-bond acceptors (Lipinski definition) is 3. The topological polar surface area (TPSA) is 43.6 Å². The third-order valence-electron chi connectivity index (χ3n) is 12.8. The van der Waals surface area contributed by atoms with Crippen LogP contribution in [0.15, 0.2) is 188 Å². The smallest absolute Gasteiger partial charge is 0.166 e. The van der Waals surface area contributed by atoms with E-state index in [1.54, 1.807) is 0 Å². The molecule has 0 unspecified atom stereocenters. The molecule has 4 heterocycles. The van der Waals surface area contributed by atoms with Crippen LogP contribution in [-0.2, 0) is 10.8 Å². The zero-order valence-electron chi connectivity index (χ0n) is 35.7. The Morgan fingerprint density at radius 3 is 1.55 bits per heavy atom. The zero-order chi connectivity index (χ0) is 42.2. The molecule has 0 amide bonds. The van der Waals surface area contributed by atoms with Crippen molar-refractivity contribution in [3.05, 3.63) is 205 Å². The number of fused-ring (bicyclic) bond motifs is 2. The number of nitrogens with zero attached hydrogens (tertiary/aromatic N) is 4. The summed E-state index contributed by atoms with van der Waals surface area (Å²) in [6.45, 7) is 11.5. The van der Waals surface area contributed by atoms with Crippen molar-refractivity contribution >= 4 is 21.8 Å². The van der Waals surface area contributed by atoms with Gasteiger partial charge in [-0.2, -0.15) is 0 Å². The third kappa shape index (κ3) is 6.33. The van der Waals surface area contributed by atoms with Crippen LogP contribution in [-0.4, -0.2) is 19.5 Å².